The van der Waals surface area contributed by atoms with Crippen molar-refractivity contribution < 1.29 is 28.7 Å². The first-order valence-corrected chi connectivity index (χ1v) is 11.7. The molecule has 8 heteroatoms. The highest BCUT2D eigenvalue weighted by atomic mass is 16.5. The van der Waals surface area contributed by atoms with E-state index >= 15 is 0 Å². The Morgan fingerprint density at radius 1 is 0.818 bits per heavy atom. The van der Waals surface area contributed by atoms with Gasteiger partial charge in [-0.3, -0.25) is 14.4 Å². The van der Waals surface area contributed by atoms with Gasteiger partial charge in [0.25, 0.3) is 0 Å². The van der Waals surface area contributed by atoms with E-state index in [2.05, 4.69) is 22.3 Å². The number of hydrogen-bond donors (Lipinski definition) is 2. The Balaban J connectivity index is 2.68. The lowest BCUT2D eigenvalue weighted by atomic mass is 10.0. The van der Waals surface area contributed by atoms with Gasteiger partial charge in [0, 0.05) is 12.8 Å². The number of methoxy groups -OCH3 is 2. The van der Waals surface area contributed by atoms with Crippen molar-refractivity contribution in [1.29, 1.82) is 0 Å². The molecule has 0 saturated carbocycles. The maximum Gasteiger partial charge on any atom is 0.328 e. The van der Waals surface area contributed by atoms with Gasteiger partial charge in [-0.25, -0.2) is 4.79 Å². The molecule has 0 fully saturated rings. The summed E-state index contributed by atoms with van der Waals surface area (Å²) in [7, 11) is 2.45. The predicted molar refractivity (Wildman–Crippen MR) is 125 cm³/mol. The Morgan fingerprint density at radius 2 is 1.45 bits per heavy atom. The van der Waals surface area contributed by atoms with Crippen LogP contribution < -0.4 is 10.6 Å². The SMILES string of the molecule is CCCCCCCCCC(=O)N[C@@H](CC(=O)OC)C(=O)N[C@@H](Cc1ccccc1)C(=O)OC. The number of carbonyl (C=O) groups is 4. The lowest BCUT2D eigenvalue weighted by Gasteiger charge is -2.22. The maximum atomic E-state index is 12.9. The summed E-state index contributed by atoms with van der Waals surface area (Å²) in [6.45, 7) is 2.17. The second kappa shape index (κ2) is 16.7. The number of unbranched alkanes of at least 4 members (excludes halogenated alkanes) is 6. The molecule has 2 N–H and O–H groups in total. The maximum absolute atomic E-state index is 12.9. The van der Waals surface area contributed by atoms with Gasteiger partial charge in [-0.1, -0.05) is 75.8 Å². The molecule has 0 aliphatic heterocycles. The average molecular weight is 463 g/mol. The van der Waals surface area contributed by atoms with Crippen LogP contribution in [-0.2, 0) is 35.1 Å². The molecule has 2 amide bonds. The van der Waals surface area contributed by atoms with Gasteiger partial charge in [0.15, 0.2) is 0 Å². The monoisotopic (exact) mass is 462 g/mol. The van der Waals surface area contributed by atoms with Crippen LogP contribution in [0.3, 0.4) is 0 Å². The molecule has 0 unspecified atom stereocenters. The molecule has 0 radical (unpaired) electrons. The van der Waals surface area contributed by atoms with E-state index in [1.54, 1.807) is 0 Å². The number of carbonyl (C=O) groups excluding carboxylic acids is 4. The third-order valence-electron chi connectivity index (χ3n) is 5.34. The van der Waals surface area contributed by atoms with Crippen LogP contribution in [0.2, 0.25) is 0 Å². The van der Waals surface area contributed by atoms with E-state index in [4.69, 9.17) is 4.74 Å². The molecule has 2 atom stereocenters. The molecule has 33 heavy (non-hydrogen) atoms. The average Bonchev–Trinajstić information content (AvgIpc) is 2.82. The normalized spacial score (nSPS) is 12.3. The first-order chi connectivity index (χ1) is 15.9. The summed E-state index contributed by atoms with van der Waals surface area (Å²) in [6.07, 6.45) is 7.64. The zero-order valence-electron chi connectivity index (χ0n) is 20.1. The van der Waals surface area contributed by atoms with Gasteiger partial charge in [0.2, 0.25) is 11.8 Å². The van der Waals surface area contributed by atoms with E-state index in [9.17, 15) is 19.2 Å². The van der Waals surface area contributed by atoms with Crippen LogP contribution in [0.4, 0.5) is 0 Å². The minimum atomic E-state index is -1.14. The summed E-state index contributed by atoms with van der Waals surface area (Å²) < 4.78 is 9.48. The zero-order chi connectivity index (χ0) is 24.5. The number of hydrogen-bond acceptors (Lipinski definition) is 6. The lowest BCUT2D eigenvalue weighted by Crippen LogP contribution is -2.53. The molecule has 8 nitrogen and oxygen atoms in total. The van der Waals surface area contributed by atoms with Crippen LogP contribution in [0.5, 0.6) is 0 Å². The van der Waals surface area contributed by atoms with Crippen molar-refractivity contribution in [1.82, 2.24) is 10.6 Å². The van der Waals surface area contributed by atoms with E-state index in [1.807, 2.05) is 30.3 Å². The van der Waals surface area contributed by atoms with Gasteiger partial charge in [-0.05, 0) is 12.0 Å². The van der Waals surface area contributed by atoms with Crippen molar-refractivity contribution in [2.75, 3.05) is 14.2 Å². The molecule has 1 rings (SSSR count). The van der Waals surface area contributed by atoms with Gasteiger partial charge in [-0.15, -0.1) is 0 Å². The number of benzene rings is 1. The molecule has 0 aliphatic carbocycles. The summed E-state index contributed by atoms with van der Waals surface area (Å²) in [4.78, 5) is 49.3. The zero-order valence-corrected chi connectivity index (χ0v) is 20.1. The molecule has 0 heterocycles. The Bertz CT molecular complexity index is 738. The highest BCUT2D eigenvalue weighted by Gasteiger charge is 2.29. The fourth-order valence-electron chi connectivity index (χ4n) is 3.43. The molecule has 0 aliphatic rings. The van der Waals surface area contributed by atoms with Crippen LogP contribution in [0.1, 0.15) is 70.3 Å². The van der Waals surface area contributed by atoms with Crippen molar-refractivity contribution in [2.24, 2.45) is 0 Å². The largest absolute Gasteiger partial charge is 0.469 e. The van der Waals surface area contributed by atoms with Crippen LogP contribution in [0.15, 0.2) is 30.3 Å². The van der Waals surface area contributed by atoms with Gasteiger partial charge in [0.1, 0.15) is 12.1 Å². The van der Waals surface area contributed by atoms with Gasteiger partial charge >= 0.3 is 11.9 Å². The minimum Gasteiger partial charge on any atom is -0.469 e. The highest BCUT2D eigenvalue weighted by molar-refractivity contribution is 5.93. The fraction of sp³-hybridized carbons (Fsp3) is 0.600. The number of amides is 2. The van der Waals surface area contributed by atoms with Crippen molar-refractivity contribution >= 4 is 23.8 Å². The van der Waals surface area contributed by atoms with Crippen molar-refractivity contribution in [3.05, 3.63) is 35.9 Å². The molecule has 1 aromatic rings. The molecule has 184 valence electrons. The van der Waals surface area contributed by atoms with Gasteiger partial charge in [0.05, 0.1) is 20.6 Å². The third kappa shape index (κ3) is 12.1. The van der Waals surface area contributed by atoms with E-state index in [0.717, 1.165) is 24.8 Å². The van der Waals surface area contributed by atoms with Gasteiger partial charge in [-0.2, -0.15) is 0 Å². The molecule has 0 bridgehead atoms. The Hall–Kier alpha value is -2.90. The summed E-state index contributed by atoms with van der Waals surface area (Å²) in [5, 5.41) is 5.23. The van der Waals surface area contributed by atoms with Crippen molar-refractivity contribution in [3.63, 3.8) is 0 Å². The topological polar surface area (TPSA) is 111 Å². The Morgan fingerprint density at radius 3 is 2.06 bits per heavy atom. The minimum absolute atomic E-state index is 0.218. The van der Waals surface area contributed by atoms with Crippen molar-refractivity contribution in [3.8, 4) is 0 Å². The number of esters is 2. The smallest absolute Gasteiger partial charge is 0.328 e. The predicted octanol–water partition coefficient (Wildman–Crippen LogP) is 3.08. The summed E-state index contributed by atoms with van der Waals surface area (Å²) >= 11 is 0. The molecular weight excluding hydrogens is 424 g/mol. The van der Waals surface area contributed by atoms with E-state index in [0.29, 0.717) is 6.42 Å². The second-order valence-corrected chi connectivity index (χ2v) is 8.05. The molecular formula is C25H38N2O6. The van der Waals surface area contributed by atoms with Crippen molar-refractivity contribution in [2.45, 2.75) is 83.2 Å². The standard InChI is InChI=1S/C25H38N2O6/c1-4-5-6-7-8-9-13-16-22(28)26-20(18-23(29)32-2)24(30)27-21(25(31)33-3)17-19-14-11-10-12-15-19/h10-12,14-15,20-21H,4-9,13,16-18H2,1-3H3,(H,26,28)(H,27,30)/t20-,21-/m0/s1. The molecule has 0 saturated heterocycles. The van der Waals surface area contributed by atoms with Crippen LogP contribution in [0.25, 0.3) is 0 Å². The lowest BCUT2D eigenvalue weighted by molar-refractivity contribution is -0.146. The van der Waals surface area contributed by atoms with E-state index in [1.165, 1.54) is 33.5 Å². The Labute approximate surface area is 196 Å². The van der Waals surface area contributed by atoms with E-state index < -0.39 is 29.9 Å². The fourth-order valence-corrected chi connectivity index (χ4v) is 3.43. The first kappa shape index (κ1) is 28.1. The quantitative estimate of drug-likeness (QED) is 0.289. The molecule has 0 aromatic heterocycles. The Kier molecular flexibility index (Phi) is 14.2. The first-order valence-electron chi connectivity index (χ1n) is 11.7. The molecule has 1 aromatic carbocycles. The van der Waals surface area contributed by atoms with Crippen LogP contribution >= 0.6 is 0 Å². The second-order valence-electron chi connectivity index (χ2n) is 8.05. The third-order valence-corrected chi connectivity index (χ3v) is 5.34. The summed E-state index contributed by atoms with van der Waals surface area (Å²) in [6, 6.07) is 7.08. The summed E-state index contributed by atoms with van der Waals surface area (Å²) in [5.41, 5.74) is 0.834. The van der Waals surface area contributed by atoms with E-state index in [-0.39, 0.29) is 25.2 Å². The number of rotatable bonds is 16. The highest BCUT2D eigenvalue weighted by Crippen LogP contribution is 2.09. The van der Waals surface area contributed by atoms with Gasteiger partial charge < -0.3 is 20.1 Å². The number of ether oxygens (including phenoxy) is 2. The number of nitrogens with one attached hydrogen (secondary N) is 2. The van der Waals surface area contributed by atoms with Crippen LogP contribution in [0, 0.1) is 0 Å². The summed E-state index contributed by atoms with van der Waals surface area (Å²) in [5.74, 6) is -2.20. The molecule has 0 spiro atoms. The van der Waals surface area contributed by atoms with Crippen LogP contribution in [-0.4, -0.2) is 50.1 Å².